The van der Waals surface area contributed by atoms with E-state index in [4.69, 9.17) is 11.6 Å². The van der Waals surface area contributed by atoms with Gasteiger partial charge in [-0.3, -0.25) is 4.79 Å². The molecule has 0 aliphatic rings. The normalized spacial score (nSPS) is 10.6. The maximum absolute atomic E-state index is 12.0. The number of nitrogens with one attached hydrogen (secondary N) is 2. The van der Waals surface area contributed by atoms with Crippen molar-refractivity contribution < 1.29 is 4.79 Å². The van der Waals surface area contributed by atoms with Crippen LogP contribution in [0, 0.1) is 6.92 Å². The molecule has 0 fully saturated rings. The standard InChI is InChI=1S/C13H16ClN5O/c1-9-11(14)4-3-5-12(9)16-13(20)8-19-7-10(6-15-2)17-18-19/h3-5,7,15H,6,8H2,1-2H3,(H,16,20). The minimum Gasteiger partial charge on any atom is -0.324 e. The van der Waals surface area contributed by atoms with Gasteiger partial charge in [-0.1, -0.05) is 22.9 Å². The Morgan fingerprint density at radius 2 is 2.25 bits per heavy atom. The van der Waals surface area contributed by atoms with Gasteiger partial charge in [-0.15, -0.1) is 5.10 Å². The molecular weight excluding hydrogens is 278 g/mol. The molecule has 0 saturated heterocycles. The second-order valence-electron chi connectivity index (χ2n) is 4.40. The highest BCUT2D eigenvalue weighted by molar-refractivity contribution is 6.31. The van der Waals surface area contributed by atoms with Crippen molar-refractivity contribution in [2.45, 2.75) is 20.0 Å². The molecule has 6 nitrogen and oxygen atoms in total. The number of carbonyl (C=O) groups excluding carboxylic acids is 1. The summed E-state index contributed by atoms with van der Waals surface area (Å²) in [4.78, 5) is 12.0. The van der Waals surface area contributed by atoms with E-state index in [9.17, 15) is 4.79 Å². The zero-order chi connectivity index (χ0) is 14.5. The van der Waals surface area contributed by atoms with Gasteiger partial charge in [0.2, 0.25) is 5.91 Å². The molecule has 106 valence electrons. The molecule has 1 amide bonds. The van der Waals surface area contributed by atoms with Gasteiger partial charge in [0.25, 0.3) is 0 Å². The smallest absolute Gasteiger partial charge is 0.246 e. The number of anilines is 1. The van der Waals surface area contributed by atoms with E-state index < -0.39 is 0 Å². The Hall–Kier alpha value is -1.92. The van der Waals surface area contributed by atoms with Gasteiger partial charge in [-0.05, 0) is 31.7 Å². The van der Waals surface area contributed by atoms with Gasteiger partial charge in [0.15, 0.2) is 0 Å². The lowest BCUT2D eigenvalue weighted by Gasteiger charge is -2.09. The second kappa shape index (κ2) is 6.49. The summed E-state index contributed by atoms with van der Waals surface area (Å²) < 4.78 is 1.50. The predicted molar refractivity (Wildman–Crippen MR) is 77.6 cm³/mol. The van der Waals surface area contributed by atoms with Crippen LogP contribution in [0.2, 0.25) is 5.02 Å². The fourth-order valence-electron chi connectivity index (χ4n) is 1.76. The summed E-state index contributed by atoms with van der Waals surface area (Å²) in [5, 5.41) is 14.3. The summed E-state index contributed by atoms with van der Waals surface area (Å²) in [5.41, 5.74) is 2.34. The number of halogens is 1. The third-order valence-corrected chi connectivity index (χ3v) is 3.20. The Bertz CT molecular complexity index is 611. The third-order valence-electron chi connectivity index (χ3n) is 2.79. The molecule has 1 heterocycles. The summed E-state index contributed by atoms with van der Waals surface area (Å²) in [7, 11) is 1.83. The van der Waals surface area contributed by atoms with Crippen molar-refractivity contribution in [3.63, 3.8) is 0 Å². The molecule has 0 saturated carbocycles. The fourth-order valence-corrected chi connectivity index (χ4v) is 1.93. The van der Waals surface area contributed by atoms with Crippen LogP contribution in [0.5, 0.6) is 0 Å². The molecule has 0 bridgehead atoms. The number of carbonyl (C=O) groups is 1. The summed E-state index contributed by atoms with van der Waals surface area (Å²) in [6, 6.07) is 5.40. The van der Waals surface area contributed by atoms with E-state index in [1.165, 1.54) is 4.68 Å². The number of hydrogen-bond acceptors (Lipinski definition) is 4. The number of aromatic nitrogens is 3. The van der Waals surface area contributed by atoms with Crippen LogP contribution in [0.25, 0.3) is 0 Å². The number of rotatable bonds is 5. The molecule has 1 aromatic heterocycles. The molecule has 2 aromatic rings. The predicted octanol–water partition coefficient (Wildman–Crippen LogP) is 1.60. The Morgan fingerprint density at radius 3 is 3.00 bits per heavy atom. The minimum atomic E-state index is -0.170. The Balaban J connectivity index is 1.99. The maximum atomic E-state index is 12.0. The van der Waals surface area contributed by atoms with Crippen molar-refractivity contribution in [2.75, 3.05) is 12.4 Å². The molecular formula is C13H16ClN5O. The quantitative estimate of drug-likeness (QED) is 0.878. The summed E-state index contributed by atoms with van der Waals surface area (Å²) in [5.74, 6) is -0.170. The molecule has 7 heteroatoms. The molecule has 0 atom stereocenters. The first-order chi connectivity index (χ1) is 9.60. The van der Waals surface area contributed by atoms with E-state index in [1.54, 1.807) is 18.3 Å². The van der Waals surface area contributed by atoms with Crippen LogP contribution in [0.1, 0.15) is 11.3 Å². The minimum absolute atomic E-state index is 0.114. The van der Waals surface area contributed by atoms with Crippen molar-refractivity contribution in [3.8, 4) is 0 Å². The number of hydrogen-bond donors (Lipinski definition) is 2. The van der Waals surface area contributed by atoms with Crippen LogP contribution in [0.15, 0.2) is 24.4 Å². The largest absolute Gasteiger partial charge is 0.324 e. The maximum Gasteiger partial charge on any atom is 0.246 e. The summed E-state index contributed by atoms with van der Waals surface area (Å²) >= 11 is 6.01. The van der Waals surface area contributed by atoms with Crippen molar-refractivity contribution in [1.82, 2.24) is 20.3 Å². The van der Waals surface area contributed by atoms with Gasteiger partial charge in [0, 0.05) is 17.3 Å². The van der Waals surface area contributed by atoms with Crippen LogP contribution in [-0.2, 0) is 17.9 Å². The van der Waals surface area contributed by atoms with E-state index in [0.29, 0.717) is 17.3 Å². The Kier molecular flexibility index (Phi) is 4.70. The highest BCUT2D eigenvalue weighted by Gasteiger charge is 2.08. The topological polar surface area (TPSA) is 71.8 Å². The van der Waals surface area contributed by atoms with Gasteiger partial charge in [-0.25, -0.2) is 4.68 Å². The van der Waals surface area contributed by atoms with Crippen molar-refractivity contribution in [1.29, 1.82) is 0 Å². The molecule has 0 aliphatic carbocycles. The van der Waals surface area contributed by atoms with Gasteiger partial charge < -0.3 is 10.6 Å². The van der Waals surface area contributed by atoms with Crippen molar-refractivity contribution in [2.24, 2.45) is 0 Å². The molecule has 0 radical (unpaired) electrons. The van der Waals surface area contributed by atoms with Crippen LogP contribution >= 0.6 is 11.6 Å². The first-order valence-electron chi connectivity index (χ1n) is 6.18. The molecule has 0 aliphatic heterocycles. The fraction of sp³-hybridized carbons (Fsp3) is 0.308. The van der Waals surface area contributed by atoms with Crippen LogP contribution in [0.4, 0.5) is 5.69 Å². The summed E-state index contributed by atoms with van der Waals surface area (Å²) in [6.45, 7) is 2.59. The molecule has 1 aromatic carbocycles. The number of amides is 1. The Morgan fingerprint density at radius 1 is 1.45 bits per heavy atom. The monoisotopic (exact) mass is 293 g/mol. The average molecular weight is 294 g/mol. The number of benzene rings is 1. The van der Waals surface area contributed by atoms with Gasteiger partial charge in [0.05, 0.1) is 11.9 Å². The average Bonchev–Trinajstić information content (AvgIpc) is 2.83. The molecule has 0 spiro atoms. The lowest BCUT2D eigenvalue weighted by molar-refractivity contribution is -0.116. The third kappa shape index (κ3) is 3.55. The van der Waals surface area contributed by atoms with E-state index >= 15 is 0 Å². The Labute approximate surface area is 122 Å². The van der Waals surface area contributed by atoms with Crippen LogP contribution in [-0.4, -0.2) is 27.9 Å². The first-order valence-corrected chi connectivity index (χ1v) is 6.56. The van der Waals surface area contributed by atoms with E-state index in [2.05, 4.69) is 20.9 Å². The molecule has 20 heavy (non-hydrogen) atoms. The van der Waals surface area contributed by atoms with Gasteiger partial charge in [0.1, 0.15) is 6.54 Å². The number of nitrogens with zero attached hydrogens (tertiary/aromatic N) is 3. The van der Waals surface area contributed by atoms with Gasteiger partial charge in [-0.2, -0.15) is 0 Å². The van der Waals surface area contributed by atoms with Crippen LogP contribution < -0.4 is 10.6 Å². The zero-order valence-corrected chi connectivity index (χ0v) is 12.1. The van der Waals surface area contributed by atoms with Crippen molar-refractivity contribution >= 4 is 23.2 Å². The zero-order valence-electron chi connectivity index (χ0n) is 11.4. The van der Waals surface area contributed by atoms with Gasteiger partial charge >= 0.3 is 0 Å². The molecule has 2 N–H and O–H groups in total. The van der Waals surface area contributed by atoms with Crippen LogP contribution in [0.3, 0.4) is 0 Å². The van der Waals surface area contributed by atoms with E-state index in [1.807, 2.05) is 20.0 Å². The first kappa shape index (κ1) is 14.5. The highest BCUT2D eigenvalue weighted by Crippen LogP contribution is 2.22. The highest BCUT2D eigenvalue weighted by atomic mass is 35.5. The van der Waals surface area contributed by atoms with E-state index in [0.717, 1.165) is 11.3 Å². The lowest BCUT2D eigenvalue weighted by Crippen LogP contribution is -2.19. The van der Waals surface area contributed by atoms with E-state index in [-0.39, 0.29) is 12.5 Å². The second-order valence-corrected chi connectivity index (χ2v) is 4.81. The van der Waals surface area contributed by atoms with Crippen molar-refractivity contribution in [3.05, 3.63) is 40.7 Å². The lowest BCUT2D eigenvalue weighted by atomic mass is 10.2. The SMILES string of the molecule is CNCc1cn(CC(=O)Nc2cccc(Cl)c2C)nn1. The summed E-state index contributed by atoms with van der Waals surface area (Å²) in [6.07, 6.45) is 1.74. The molecule has 2 rings (SSSR count). The molecule has 0 unspecified atom stereocenters.